The number of rotatable bonds is 7. The lowest BCUT2D eigenvalue weighted by Gasteiger charge is -2.41. The van der Waals surface area contributed by atoms with Gasteiger partial charge in [0.1, 0.15) is 29.5 Å². The van der Waals surface area contributed by atoms with Gasteiger partial charge in [0.05, 0.1) is 23.9 Å². The summed E-state index contributed by atoms with van der Waals surface area (Å²) in [6.07, 6.45) is 0.0112. The summed E-state index contributed by atoms with van der Waals surface area (Å²) >= 11 is 6.45. The highest BCUT2D eigenvalue weighted by atomic mass is 35.5. The van der Waals surface area contributed by atoms with Crippen molar-refractivity contribution < 1.29 is 31.9 Å². The first-order chi connectivity index (χ1) is 20.5. The molecular formula is C29H23ClF4N6O3. The third-order valence-corrected chi connectivity index (χ3v) is 7.45. The molecule has 0 radical (unpaired) electrons. The van der Waals surface area contributed by atoms with Crippen LogP contribution in [0.5, 0.6) is 0 Å². The highest BCUT2D eigenvalue weighted by Gasteiger charge is 2.48. The van der Waals surface area contributed by atoms with Crippen LogP contribution in [0, 0.1) is 23.0 Å². The zero-order chi connectivity index (χ0) is 30.9. The van der Waals surface area contributed by atoms with Crippen LogP contribution in [0.25, 0.3) is 0 Å². The van der Waals surface area contributed by atoms with Crippen LogP contribution in [-0.2, 0) is 14.4 Å². The molecule has 2 fully saturated rings. The first kappa shape index (κ1) is 29.9. The summed E-state index contributed by atoms with van der Waals surface area (Å²) in [5, 5.41) is 14.7. The molecule has 9 nitrogen and oxygen atoms in total. The van der Waals surface area contributed by atoms with Gasteiger partial charge in [-0.25, -0.2) is 22.5 Å². The number of nitrogens with one attached hydrogen (secondary N) is 2. The Labute approximate surface area is 248 Å². The zero-order valence-corrected chi connectivity index (χ0v) is 23.0. The van der Waals surface area contributed by atoms with Crippen LogP contribution >= 0.6 is 11.6 Å². The largest absolute Gasteiger partial charge is 0.351 e. The van der Waals surface area contributed by atoms with Crippen LogP contribution < -0.4 is 20.4 Å². The standard InChI is InChI=1S/C29H23ClF4N6O3/c30-22-4-2-1-3-21(22)26(27(42)38-19-11-29(33,34)12-19)39(20-9-17(31)8-18(32)10-20)28(43)23-14-36-15-25(41)40(23)24-7-16(13-35)5-6-37-24/h1-10,19,23,26,36H,11-12,14-15H2,(H,38,42)/t23-,26-/m0/s1. The first-order valence-electron chi connectivity index (χ1n) is 13.1. The molecule has 2 atom stereocenters. The Morgan fingerprint density at radius 1 is 1.14 bits per heavy atom. The van der Waals surface area contributed by atoms with Gasteiger partial charge in [0, 0.05) is 48.3 Å². The predicted molar refractivity (Wildman–Crippen MR) is 147 cm³/mol. The molecule has 2 aliphatic rings. The number of halogens is 5. The molecule has 1 aliphatic heterocycles. The Balaban J connectivity index is 1.65. The molecule has 5 rings (SSSR count). The van der Waals surface area contributed by atoms with Crippen molar-refractivity contribution in [1.29, 1.82) is 5.26 Å². The molecule has 3 aromatic rings. The molecule has 3 amide bonds. The summed E-state index contributed by atoms with van der Waals surface area (Å²) in [5.41, 5.74) is -0.201. The third kappa shape index (κ3) is 6.30. The Hall–Kier alpha value is -4.54. The van der Waals surface area contributed by atoms with Crippen LogP contribution in [0.4, 0.5) is 29.1 Å². The summed E-state index contributed by atoms with van der Waals surface area (Å²) in [6, 6.07) is 8.72. The van der Waals surface area contributed by atoms with E-state index in [1.165, 1.54) is 36.5 Å². The van der Waals surface area contributed by atoms with Crippen LogP contribution in [0.3, 0.4) is 0 Å². The van der Waals surface area contributed by atoms with E-state index < -0.39 is 71.9 Å². The Kier molecular flexibility index (Phi) is 8.34. The Bertz CT molecular complexity index is 1610. The number of aromatic nitrogens is 1. The van der Waals surface area contributed by atoms with Gasteiger partial charge in [0.15, 0.2) is 0 Å². The number of amides is 3. The fraction of sp³-hybridized carbons (Fsp3) is 0.276. The molecule has 222 valence electrons. The number of alkyl halides is 2. The normalized spacial score (nSPS) is 18.7. The fourth-order valence-corrected chi connectivity index (χ4v) is 5.39. The van der Waals surface area contributed by atoms with Gasteiger partial charge < -0.3 is 10.6 Å². The average Bonchev–Trinajstić information content (AvgIpc) is 2.94. The quantitative estimate of drug-likeness (QED) is 0.390. The molecular weight excluding hydrogens is 592 g/mol. The number of carbonyl (C=O) groups excluding carboxylic acids is 3. The van der Waals surface area contributed by atoms with E-state index in [9.17, 15) is 37.2 Å². The zero-order valence-electron chi connectivity index (χ0n) is 22.2. The minimum atomic E-state index is -2.97. The third-order valence-electron chi connectivity index (χ3n) is 7.11. The molecule has 2 aromatic carbocycles. The smallest absolute Gasteiger partial charge is 0.252 e. The van der Waals surface area contributed by atoms with Crippen molar-refractivity contribution in [2.75, 3.05) is 22.9 Å². The molecule has 2 N–H and O–H groups in total. The minimum absolute atomic E-state index is 0.00866. The van der Waals surface area contributed by atoms with E-state index in [0.29, 0.717) is 6.07 Å². The lowest BCUT2D eigenvalue weighted by Crippen LogP contribution is -2.63. The highest BCUT2D eigenvalue weighted by molar-refractivity contribution is 6.31. The Morgan fingerprint density at radius 2 is 1.84 bits per heavy atom. The summed E-state index contributed by atoms with van der Waals surface area (Å²) in [5.74, 6) is -7.64. The number of piperazine rings is 1. The SMILES string of the molecule is N#Cc1ccnc(N2C(=O)CNC[C@H]2C(=O)N(c2cc(F)cc(F)c2)[C@H](C(=O)NC2CC(F)(F)C2)c2ccccc2Cl)c1. The van der Waals surface area contributed by atoms with Crippen molar-refractivity contribution in [1.82, 2.24) is 15.6 Å². The Morgan fingerprint density at radius 3 is 2.49 bits per heavy atom. The molecule has 0 unspecified atom stereocenters. The summed E-state index contributed by atoms with van der Waals surface area (Å²) in [4.78, 5) is 47.5. The van der Waals surface area contributed by atoms with E-state index >= 15 is 0 Å². The van der Waals surface area contributed by atoms with E-state index in [1.807, 2.05) is 6.07 Å². The van der Waals surface area contributed by atoms with Crippen molar-refractivity contribution in [3.05, 3.63) is 88.6 Å². The van der Waals surface area contributed by atoms with Gasteiger partial charge in [-0.3, -0.25) is 24.2 Å². The van der Waals surface area contributed by atoms with Crippen molar-refractivity contribution in [3.63, 3.8) is 0 Å². The number of hydrogen-bond acceptors (Lipinski definition) is 6. The molecule has 0 bridgehead atoms. The number of anilines is 2. The van der Waals surface area contributed by atoms with Gasteiger partial charge in [-0.15, -0.1) is 0 Å². The molecule has 1 saturated heterocycles. The van der Waals surface area contributed by atoms with E-state index in [0.717, 1.165) is 21.9 Å². The van der Waals surface area contributed by atoms with Crippen LogP contribution in [0.15, 0.2) is 60.8 Å². The predicted octanol–water partition coefficient (Wildman–Crippen LogP) is 3.88. The van der Waals surface area contributed by atoms with Gasteiger partial charge >= 0.3 is 0 Å². The van der Waals surface area contributed by atoms with Gasteiger partial charge in [-0.1, -0.05) is 29.8 Å². The molecule has 1 saturated carbocycles. The second-order valence-electron chi connectivity index (χ2n) is 10.2. The maximum Gasteiger partial charge on any atom is 0.252 e. The maximum absolute atomic E-state index is 14.6. The first-order valence-corrected chi connectivity index (χ1v) is 13.5. The second-order valence-corrected chi connectivity index (χ2v) is 10.6. The topological polar surface area (TPSA) is 118 Å². The van der Waals surface area contributed by atoms with Gasteiger partial charge in [0.25, 0.3) is 11.8 Å². The second kappa shape index (κ2) is 12.0. The van der Waals surface area contributed by atoms with Crippen LogP contribution in [0.2, 0.25) is 5.02 Å². The molecule has 14 heteroatoms. The number of hydrogen-bond donors (Lipinski definition) is 2. The molecule has 43 heavy (non-hydrogen) atoms. The molecule has 0 spiro atoms. The lowest BCUT2D eigenvalue weighted by molar-refractivity contribution is -0.133. The highest BCUT2D eigenvalue weighted by Crippen LogP contribution is 2.39. The monoisotopic (exact) mass is 614 g/mol. The molecule has 1 aliphatic carbocycles. The number of carbonyl (C=O) groups is 3. The van der Waals surface area contributed by atoms with Gasteiger partial charge in [-0.2, -0.15) is 5.26 Å². The van der Waals surface area contributed by atoms with E-state index in [1.54, 1.807) is 6.07 Å². The number of pyridine rings is 1. The van der Waals surface area contributed by atoms with Crippen molar-refractivity contribution in [3.8, 4) is 6.07 Å². The van der Waals surface area contributed by atoms with Crippen LogP contribution in [-0.4, -0.2) is 53.8 Å². The van der Waals surface area contributed by atoms with Crippen molar-refractivity contribution in [2.45, 2.75) is 36.9 Å². The molecule has 2 heterocycles. The average molecular weight is 615 g/mol. The van der Waals surface area contributed by atoms with Gasteiger partial charge in [0.2, 0.25) is 11.8 Å². The van der Waals surface area contributed by atoms with Gasteiger partial charge in [-0.05, 0) is 30.3 Å². The van der Waals surface area contributed by atoms with E-state index in [2.05, 4.69) is 15.6 Å². The van der Waals surface area contributed by atoms with E-state index in [4.69, 9.17) is 11.6 Å². The molecule has 1 aromatic heterocycles. The van der Waals surface area contributed by atoms with Crippen molar-refractivity contribution >= 4 is 40.8 Å². The number of nitrogens with zero attached hydrogens (tertiary/aromatic N) is 4. The lowest BCUT2D eigenvalue weighted by atomic mass is 9.87. The van der Waals surface area contributed by atoms with E-state index in [-0.39, 0.29) is 35.1 Å². The summed E-state index contributed by atoms with van der Waals surface area (Å²) < 4.78 is 56.4. The minimum Gasteiger partial charge on any atom is -0.351 e. The maximum atomic E-state index is 14.6. The summed E-state index contributed by atoms with van der Waals surface area (Å²) in [6.45, 7) is -0.357. The number of nitriles is 1. The fourth-order valence-electron chi connectivity index (χ4n) is 5.15. The van der Waals surface area contributed by atoms with Crippen molar-refractivity contribution in [2.24, 2.45) is 0 Å². The summed E-state index contributed by atoms with van der Waals surface area (Å²) in [7, 11) is 0. The van der Waals surface area contributed by atoms with Crippen LogP contribution in [0.1, 0.15) is 30.0 Å². The number of benzene rings is 2.